The Bertz CT molecular complexity index is 1170. The Morgan fingerprint density at radius 2 is 1.63 bits per heavy atom. The molecule has 0 bridgehead atoms. The van der Waals surface area contributed by atoms with E-state index in [4.69, 9.17) is 4.74 Å². The summed E-state index contributed by atoms with van der Waals surface area (Å²) in [6, 6.07) is 0.100. The van der Waals surface area contributed by atoms with Gasteiger partial charge in [0.15, 0.2) is 5.69 Å². The monoisotopic (exact) mass is 519 g/mol. The lowest BCUT2D eigenvalue weighted by Gasteiger charge is -2.33. The average Bonchev–Trinajstić information content (AvgIpc) is 2.74. The van der Waals surface area contributed by atoms with E-state index < -0.39 is 64.7 Å². The summed E-state index contributed by atoms with van der Waals surface area (Å²) in [5.74, 6) is -2.76. The zero-order chi connectivity index (χ0) is 26.9. The van der Waals surface area contributed by atoms with E-state index in [2.05, 4.69) is 16.3 Å². The minimum atomic E-state index is -5.52. The molecule has 16 heteroatoms. The minimum Gasteiger partial charge on any atom is -0.466 e. The van der Waals surface area contributed by atoms with E-state index in [0.29, 0.717) is 6.20 Å². The van der Waals surface area contributed by atoms with Crippen molar-refractivity contribution >= 4 is 23.8 Å². The van der Waals surface area contributed by atoms with Crippen LogP contribution in [0.1, 0.15) is 16.8 Å². The number of benzene rings is 1. The molecule has 1 aromatic carbocycles. The summed E-state index contributed by atoms with van der Waals surface area (Å²) in [5, 5.41) is 0. The number of aromatic nitrogens is 2. The zero-order valence-corrected chi connectivity index (χ0v) is 17.5. The largest absolute Gasteiger partial charge is 0.466 e. The van der Waals surface area contributed by atoms with Crippen molar-refractivity contribution in [3.05, 3.63) is 58.0 Å². The summed E-state index contributed by atoms with van der Waals surface area (Å²) in [4.78, 5) is 27.8. The number of alkyl halides is 9. The SMILES string of the molecule is C=Cn1c(N(c2ccc(C(F)(F)F)cc2C(F)(F)F)C(OC)C(=O)OC)nc(C(F)(F)F)cc1=O. The van der Waals surface area contributed by atoms with Crippen molar-refractivity contribution in [1.29, 1.82) is 0 Å². The molecule has 192 valence electrons. The number of halogens is 9. The van der Waals surface area contributed by atoms with Crippen molar-refractivity contribution in [2.24, 2.45) is 0 Å². The number of hydrogen-bond acceptors (Lipinski definition) is 6. The summed E-state index contributed by atoms with van der Waals surface area (Å²) in [5.41, 5.74) is -8.44. The van der Waals surface area contributed by atoms with Gasteiger partial charge in [0.05, 0.1) is 23.9 Å². The van der Waals surface area contributed by atoms with Crippen LogP contribution in [0, 0.1) is 0 Å². The Kier molecular flexibility index (Phi) is 7.59. The number of nitrogens with zero attached hydrogens (tertiary/aromatic N) is 3. The standard InChI is InChI=1S/C19H14F9N3O4/c1-4-30-13(32)8-12(19(26,27)28)29-16(30)31(14(34-2)15(33)35-3)11-6-5-9(17(20,21)22)7-10(11)18(23,24)25/h4-8,14H,1H2,2-3H3. The number of carbonyl (C=O) groups is 1. The van der Waals surface area contributed by atoms with Crippen LogP contribution >= 0.6 is 0 Å². The molecule has 7 nitrogen and oxygen atoms in total. The Morgan fingerprint density at radius 1 is 1.03 bits per heavy atom. The van der Waals surface area contributed by atoms with Crippen LogP contribution in [-0.2, 0) is 32.8 Å². The van der Waals surface area contributed by atoms with Crippen LogP contribution in [0.15, 0.2) is 35.6 Å². The first-order valence-electron chi connectivity index (χ1n) is 8.99. The molecule has 0 radical (unpaired) electrons. The Morgan fingerprint density at radius 3 is 2.06 bits per heavy atom. The highest BCUT2D eigenvalue weighted by Gasteiger charge is 2.43. The Balaban J connectivity index is 3.07. The molecule has 0 saturated heterocycles. The highest BCUT2D eigenvalue weighted by Crippen LogP contribution is 2.43. The Labute approximate surface area is 190 Å². The van der Waals surface area contributed by atoms with Crippen molar-refractivity contribution in [3.63, 3.8) is 0 Å². The van der Waals surface area contributed by atoms with Gasteiger partial charge in [0.25, 0.3) is 5.56 Å². The lowest BCUT2D eigenvalue weighted by atomic mass is 10.1. The fourth-order valence-corrected chi connectivity index (χ4v) is 2.86. The highest BCUT2D eigenvalue weighted by atomic mass is 19.4. The van der Waals surface area contributed by atoms with Crippen molar-refractivity contribution in [2.45, 2.75) is 24.8 Å². The maximum Gasteiger partial charge on any atom is 0.433 e. The van der Waals surface area contributed by atoms with E-state index in [1.165, 1.54) is 0 Å². The number of anilines is 2. The van der Waals surface area contributed by atoms with E-state index in [1.54, 1.807) is 0 Å². The first-order valence-corrected chi connectivity index (χ1v) is 8.99. The first-order chi connectivity index (χ1) is 16.0. The van der Waals surface area contributed by atoms with Gasteiger partial charge < -0.3 is 9.47 Å². The molecular formula is C19H14F9N3O4. The fourth-order valence-electron chi connectivity index (χ4n) is 2.86. The van der Waals surface area contributed by atoms with Gasteiger partial charge in [0.2, 0.25) is 12.2 Å². The molecule has 0 aliphatic heterocycles. The first kappa shape index (κ1) is 27.7. The van der Waals surface area contributed by atoms with Crippen LogP contribution in [0.25, 0.3) is 6.20 Å². The molecule has 1 heterocycles. The van der Waals surface area contributed by atoms with Crippen molar-refractivity contribution in [2.75, 3.05) is 19.1 Å². The predicted molar refractivity (Wildman–Crippen MR) is 101 cm³/mol. The van der Waals surface area contributed by atoms with E-state index in [0.717, 1.165) is 14.2 Å². The van der Waals surface area contributed by atoms with Crippen LogP contribution in [0.4, 0.5) is 51.1 Å². The second-order valence-electron chi connectivity index (χ2n) is 6.54. The number of methoxy groups -OCH3 is 2. The van der Waals surface area contributed by atoms with Crippen LogP contribution in [-0.4, -0.2) is 36.0 Å². The van der Waals surface area contributed by atoms with Crippen LogP contribution in [0.5, 0.6) is 0 Å². The van der Waals surface area contributed by atoms with Crippen LogP contribution in [0.2, 0.25) is 0 Å². The van der Waals surface area contributed by atoms with E-state index in [-0.39, 0.29) is 33.7 Å². The normalized spacial score (nSPS) is 13.3. The lowest BCUT2D eigenvalue weighted by Crippen LogP contribution is -2.44. The molecule has 0 aliphatic rings. The van der Waals surface area contributed by atoms with Gasteiger partial charge in [-0.25, -0.2) is 9.78 Å². The maximum atomic E-state index is 13.8. The average molecular weight is 519 g/mol. The van der Waals surface area contributed by atoms with E-state index in [9.17, 15) is 49.1 Å². The molecule has 0 saturated carbocycles. The van der Waals surface area contributed by atoms with Crippen molar-refractivity contribution < 1.29 is 53.8 Å². The van der Waals surface area contributed by atoms with Crippen LogP contribution in [0.3, 0.4) is 0 Å². The summed E-state index contributed by atoms with van der Waals surface area (Å²) in [7, 11) is 1.50. The van der Waals surface area contributed by atoms with Gasteiger partial charge in [0, 0.05) is 19.4 Å². The molecule has 0 fully saturated rings. The molecule has 1 atom stereocenters. The maximum absolute atomic E-state index is 13.8. The summed E-state index contributed by atoms with van der Waals surface area (Å²) in [6.07, 6.45) is -17.8. The molecular weight excluding hydrogens is 505 g/mol. The predicted octanol–water partition coefficient (Wildman–Crippen LogP) is 4.68. The third-order valence-corrected chi connectivity index (χ3v) is 4.37. The number of rotatable bonds is 6. The molecule has 0 spiro atoms. The summed E-state index contributed by atoms with van der Waals surface area (Å²) >= 11 is 0. The van der Waals surface area contributed by atoms with Gasteiger partial charge in [-0.05, 0) is 18.2 Å². The molecule has 0 aliphatic carbocycles. The van der Waals surface area contributed by atoms with Gasteiger partial charge in [-0.2, -0.15) is 39.5 Å². The molecule has 0 N–H and O–H groups in total. The molecule has 2 aromatic rings. The van der Waals surface area contributed by atoms with E-state index >= 15 is 0 Å². The molecule has 2 rings (SSSR count). The number of carbonyl (C=O) groups excluding carboxylic acids is 1. The van der Waals surface area contributed by atoms with Gasteiger partial charge in [-0.15, -0.1) is 0 Å². The molecule has 1 unspecified atom stereocenters. The van der Waals surface area contributed by atoms with E-state index in [1.807, 2.05) is 0 Å². The number of ether oxygens (including phenoxy) is 2. The van der Waals surface area contributed by atoms with Crippen LogP contribution < -0.4 is 10.5 Å². The fraction of sp³-hybridized carbons (Fsp3) is 0.316. The second-order valence-corrected chi connectivity index (χ2v) is 6.54. The highest BCUT2D eigenvalue weighted by molar-refractivity contribution is 5.82. The third-order valence-electron chi connectivity index (χ3n) is 4.37. The van der Waals surface area contributed by atoms with Gasteiger partial charge in [-0.1, -0.05) is 6.58 Å². The summed E-state index contributed by atoms with van der Waals surface area (Å²) < 4.78 is 130. The minimum absolute atomic E-state index is 0.000727. The van der Waals surface area contributed by atoms with Gasteiger partial charge in [0.1, 0.15) is 0 Å². The lowest BCUT2D eigenvalue weighted by molar-refractivity contribution is -0.152. The summed E-state index contributed by atoms with van der Waals surface area (Å²) in [6.45, 7) is 3.18. The quantitative estimate of drug-likeness (QED) is 0.314. The third kappa shape index (κ3) is 5.75. The smallest absolute Gasteiger partial charge is 0.433 e. The van der Waals surface area contributed by atoms with Gasteiger partial charge in [-0.3, -0.25) is 14.3 Å². The molecule has 35 heavy (non-hydrogen) atoms. The number of esters is 1. The number of hydrogen-bond donors (Lipinski definition) is 0. The van der Waals surface area contributed by atoms with Crippen molar-refractivity contribution in [1.82, 2.24) is 9.55 Å². The second kappa shape index (κ2) is 9.59. The topological polar surface area (TPSA) is 73.7 Å². The van der Waals surface area contributed by atoms with Crippen molar-refractivity contribution in [3.8, 4) is 0 Å². The zero-order valence-electron chi connectivity index (χ0n) is 17.5. The van der Waals surface area contributed by atoms with Gasteiger partial charge >= 0.3 is 24.5 Å². The Hall–Kier alpha value is -3.56. The molecule has 1 aromatic heterocycles. The molecule has 0 amide bonds.